The van der Waals surface area contributed by atoms with Crippen LogP contribution in [0.5, 0.6) is 5.75 Å². The Hall–Kier alpha value is -1.20. The Labute approximate surface area is 199 Å². The summed E-state index contributed by atoms with van der Waals surface area (Å²) >= 11 is 2.05. The summed E-state index contributed by atoms with van der Waals surface area (Å²) in [6, 6.07) is 4.32. The lowest BCUT2D eigenvalue weighted by Crippen LogP contribution is -2.63. The van der Waals surface area contributed by atoms with Gasteiger partial charge in [0.1, 0.15) is 5.75 Å². The van der Waals surface area contributed by atoms with Crippen LogP contribution in [0, 0.1) is 13.8 Å². The van der Waals surface area contributed by atoms with E-state index < -0.39 is 6.10 Å². The van der Waals surface area contributed by atoms with E-state index in [1.54, 1.807) is 0 Å². The molecule has 0 N–H and O–H groups in total. The second-order valence-corrected chi connectivity index (χ2v) is 11.8. The largest absolute Gasteiger partial charge is 0.480 e. The van der Waals surface area contributed by atoms with E-state index in [1.807, 2.05) is 11.8 Å². The molecule has 2 fully saturated rings. The van der Waals surface area contributed by atoms with Crippen LogP contribution in [0.1, 0.15) is 88.3 Å². The summed E-state index contributed by atoms with van der Waals surface area (Å²) in [5.74, 6) is 2.42. The average molecular weight is 459 g/mol. The van der Waals surface area contributed by atoms with Crippen molar-refractivity contribution in [2.24, 2.45) is 0 Å². The first-order valence-corrected chi connectivity index (χ1v) is 13.8. The predicted octanol–water partition coefficient (Wildman–Crippen LogP) is 5.89. The Kier molecular flexibility index (Phi) is 7.17. The van der Waals surface area contributed by atoms with Crippen LogP contribution in [0.15, 0.2) is 12.1 Å². The van der Waals surface area contributed by atoms with Gasteiger partial charge in [0.05, 0.1) is 6.17 Å². The van der Waals surface area contributed by atoms with Crippen LogP contribution in [-0.4, -0.2) is 58.1 Å². The highest BCUT2D eigenvalue weighted by molar-refractivity contribution is 8.00. The zero-order valence-electron chi connectivity index (χ0n) is 20.9. The highest BCUT2D eigenvalue weighted by Gasteiger charge is 2.46. The van der Waals surface area contributed by atoms with Gasteiger partial charge in [-0.25, -0.2) is 0 Å². The number of benzene rings is 1. The second-order valence-electron chi connectivity index (χ2n) is 10.4. The Morgan fingerprint density at radius 2 is 1.97 bits per heavy atom. The van der Waals surface area contributed by atoms with Gasteiger partial charge in [-0.15, -0.1) is 0 Å². The number of rotatable bonds is 6. The molecule has 0 spiro atoms. The molecule has 32 heavy (non-hydrogen) atoms. The quantitative estimate of drug-likeness (QED) is 0.532. The fourth-order valence-corrected chi connectivity index (χ4v) is 7.84. The molecule has 3 heterocycles. The number of piperidine rings is 1. The summed E-state index contributed by atoms with van der Waals surface area (Å²) in [7, 11) is 2.26. The van der Waals surface area contributed by atoms with Crippen molar-refractivity contribution in [3.63, 3.8) is 0 Å². The van der Waals surface area contributed by atoms with E-state index >= 15 is 0 Å². The summed E-state index contributed by atoms with van der Waals surface area (Å²) in [5.41, 5.74) is 3.86. The normalized spacial score (nSPS) is 29.6. The van der Waals surface area contributed by atoms with Gasteiger partial charge in [0, 0.05) is 28.8 Å². The smallest absolute Gasteiger partial charge is 0.265 e. The highest BCUT2D eigenvalue weighted by Crippen LogP contribution is 2.43. The number of nitrogens with zero attached hydrogens (tertiary/aromatic N) is 2. The number of carbonyl (C=O) groups excluding carboxylic acids is 1. The summed E-state index contributed by atoms with van der Waals surface area (Å²) in [6.07, 6.45) is 8.00. The van der Waals surface area contributed by atoms with E-state index in [1.165, 1.54) is 48.1 Å². The van der Waals surface area contributed by atoms with Crippen LogP contribution in [0.3, 0.4) is 0 Å². The summed E-state index contributed by atoms with van der Waals surface area (Å²) in [4.78, 5) is 19.0. The van der Waals surface area contributed by atoms with Crippen molar-refractivity contribution >= 4 is 17.7 Å². The molecule has 178 valence electrons. The number of fused-ring (bicyclic) bond motifs is 1. The van der Waals surface area contributed by atoms with Gasteiger partial charge in [0.15, 0.2) is 6.10 Å². The van der Waals surface area contributed by atoms with Crippen LogP contribution < -0.4 is 4.74 Å². The lowest BCUT2D eigenvalue weighted by Gasteiger charge is -2.53. The van der Waals surface area contributed by atoms with Crippen LogP contribution in [0.25, 0.3) is 0 Å². The molecule has 4 rings (SSSR count). The maximum absolute atomic E-state index is 14.2. The molecule has 3 aliphatic rings. The first-order valence-electron chi connectivity index (χ1n) is 12.7. The van der Waals surface area contributed by atoms with Gasteiger partial charge in [0.25, 0.3) is 5.91 Å². The lowest BCUT2D eigenvalue weighted by molar-refractivity contribution is -0.151. The Balaban J connectivity index is 1.63. The standard InChI is InChI=1S/C27H42N2O2S/c1-7-27(8-2)13-9-12-23(28(27)6)29(17-21-11-10-14-32-21)26(30)25-20(5)24-19(4)15-18(3)16-22(24)31-25/h15-16,20-21,23,25H,7-14,17H2,1-6H3. The van der Waals surface area contributed by atoms with Crippen molar-refractivity contribution < 1.29 is 9.53 Å². The predicted molar refractivity (Wildman–Crippen MR) is 135 cm³/mol. The van der Waals surface area contributed by atoms with Gasteiger partial charge < -0.3 is 9.64 Å². The fraction of sp³-hybridized carbons (Fsp3) is 0.741. The lowest BCUT2D eigenvalue weighted by atomic mass is 9.81. The average Bonchev–Trinajstić information content (AvgIpc) is 3.40. The Morgan fingerprint density at radius 3 is 2.62 bits per heavy atom. The molecular weight excluding hydrogens is 416 g/mol. The molecule has 0 saturated carbocycles. The molecule has 4 unspecified atom stereocenters. The van der Waals surface area contributed by atoms with Crippen molar-refractivity contribution in [2.75, 3.05) is 19.3 Å². The number of hydrogen-bond donors (Lipinski definition) is 0. The maximum Gasteiger partial charge on any atom is 0.265 e. The molecule has 1 aromatic carbocycles. The van der Waals surface area contributed by atoms with E-state index in [-0.39, 0.29) is 23.5 Å². The minimum absolute atomic E-state index is 0.0906. The monoisotopic (exact) mass is 458 g/mol. The Bertz CT molecular complexity index is 831. The van der Waals surface area contributed by atoms with Gasteiger partial charge in [-0.3, -0.25) is 9.69 Å². The summed E-state index contributed by atoms with van der Waals surface area (Å²) < 4.78 is 6.40. The number of ether oxygens (including phenoxy) is 1. The summed E-state index contributed by atoms with van der Waals surface area (Å²) in [5, 5.41) is 0.551. The fourth-order valence-electron chi connectivity index (χ4n) is 6.57. The summed E-state index contributed by atoms with van der Waals surface area (Å²) in [6.45, 7) is 11.9. The number of thioether (sulfide) groups is 1. The topological polar surface area (TPSA) is 32.8 Å². The molecule has 0 aliphatic carbocycles. The van der Waals surface area contributed by atoms with Gasteiger partial charge in [0.2, 0.25) is 0 Å². The molecular formula is C27H42N2O2S. The zero-order chi connectivity index (χ0) is 23.0. The molecule has 3 aliphatic heterocycles. The van der Waals surface area contributed by atoms with E-state index in [0.717, 1.165) is 31.6 Å². The highest BCUT2D eigenvalue weighted by atomic mass is 32.2. The van der Waals surface area contributed by atoms with E-state index in [0.29, 0.717) is 5.25 Å². The third kappa shape index (κ3) is 4.20. The van der Waals surface area contributed by atoms with Gasteiger partial charge in [-0.1, -0.05) is 26.8 Å². The van der Waals surface area contributed by atoms with Crippen LogP contribution >= 0.6 is 11.8 Å². The van der Waals surface area contributed by atoms with E-state index in [2.05, 4.69) is 63.6 Å². The Morgan fingerprint density at radius 1 is 1.22 bits per heavy atom. The molecule has 0 radical (unpaired) electrons. The first-order chi connectivity index (χ1) is 15.3. The van der Waals surface area contributed by atoms with Crippen LogP contribution in [0.2, 0.25) is 0 Å². The van der Waals surface area contributed by atoms with Crippen molar-refractivity contribution in [2.45, 2.75) is 109 Å². The van der Waals surface area contributed by atoms with Gasteiger partial charge >= 0.3 is 0 Å². The zero-order valence-corrected chi connectivity index (χ0v) is 21.8. The van der Waals surface area contributed by atoms with E-state index in [9.17, 15) is 4.79 Å². The SMILES string of the molecule is CCC1(CC)CCCC(N(CC2CCCS2)C(=O)C2Oc3cc(C)cc(C)c3C2C)N1C. The first kappa shape index (κ1) is 23.9. The number of carbonyl (C=O) groups is 1. The van der Waals surface area contributed by atoms with E-state index in [4.69, 9.17) is 4.74 Å². The van der Waals surface area contributed by atoms with Crippen molar-refractivity contribution in [3.8, 4) is 5.75 Å². The van der Waals surface area contributed by atoms with Crippen molar-refractivity contribution in [3.05, 3.63) is 28.8 Å². The minimum atomic E-state index is -0.412. The molecule has 1 aromatic rings. The van der Waals surface area contributed by atoms with Crippen LogP contribution in [-0.2, 0) is 4.79 Å². The molecule has 4 atom stereocenters. The third-order valence-electron chi connectivity index (χ3n) is 8.58. The number of hydrogen-bond acceptors (Lipinski definition) is 4. The van der Waals surface area contributed by atoms with Gasteiger partial charge in [-0.05, 0) is 88.8 Å². The molecule has 5 heteroatoms. The van der Waals surface area contributed by atoms with Crippen LogP contribution in [0.4, 0.5) is 0 Å². The van der Waals surface area contributed by atoms with Crippen molar-refractivity contribution in [1.29, 1.82) is 0 Å². The number of likely N-dealkylation sites (tertiary alicyclic amines) is 1. The maximum atomic E-state index is 14.2. The number of aryl methyl sites for hydroxylation is 2. The molecule has 4 nitrogen and oxygen atoms in total. The van der Waals surface area contributed by atoms with Crippen molar-refractivity contribution in [1.82, 2.24) is 9.80 Å². The minimum Gasteiger partial charge on any atom is -0.480 e. The van der Waals surface area contributed by atoms with Gasteiger partial charge in [-0.2, -0.15) is 11.8 Å². The third-order valence-corrected chi connectivity index (χ3v) is 9.96. The number of amides is 1. The molecule has 0 bridgehead atoms. The molecule has 0 aromatic heterocycles. The molecule has 1 amide bonds. The second kappa shape index (κ2) is 9.58. The molecule has 2 saturated heterocycles.